The van der Waals surface area contributed by atoms with Gasteiger partial charge in [-0.1, -0.05) is 35.9 Å². The van der Waals surface area contributed by atoms with Crippen molar-refractivity contribution in [1.82, 2.24) is 0 Å². The first-order valence-electron chi connectivity index (χ1n) is 10.00. The summed E-state index contributed by atoms with van der Waals surface area (Å²) in [4.78, 5) is 11.2. The second kappa shape index (κ2) is 10.2. The van der Waals surface area contributed by atoms with Crippen LogP contribution in [0.1, 0.15) is 16.7 Å². The molecule has 3 aromatic rings. The van der Waals surface area contributed by atoms with Crippen molar-refractivity contribution >= 4 is 21.7 Å². The Morgan fingerprint density at radius 3 is 2.31 bits per heavy atom. The summed E-state index contributed by atoms with van der Waals surface area (Å²) in [7, 11) is -3.69. The lowest BCUT2D eigenvalue weighted by Gasteiger charge is -2.13. The number of sulfonamides is 1. The monoisotopic (exact) mass is 455 g/mol. The average molecular weight is 456 g/mol. The van der Waals surface area contributed by atoms with Gasteiger partial charge in [0.15, 0.2) is 0 Å². The fraction of sp³-hybridized carbons (Fsp3) is 0.208. The average Bonchev–Trinajstić information content (AvgIpc) is 2.72. The standard InChI is InChI=1S/C24H25NO6S/c1-17-7-12-23(18(2)15-17)32(28,29)25-20-8-10-21(11-9-20)30-13-14-31-22-6-4-3-5-19(22)16-24(26)27/h3-12,15,25H,13-14,16H2,1-2H3,(H,26,27). The van der Waals surface area contributed by atoms with Crippen molar-refractivity contribution in [1.29, 1.82) is 0 Å². The molecular formula is C24H25NO6S. The number of aliphatic carboxylic acids is 1. The summed E-state index contributed by atoms with van der Waals surface area (Å²) in [5.41, 5.74) is 2.70. The first kappa shape index (κ1) is 23.1. The number of ether oxygens (including phenoxy) is 2. The minimum atomic E-state index is -3.69. The molecule has 0 aliphatic heterocycles. The van der Waals surface area contributed by atoms with Gasteiger partial charge in [-0.15, -0.1) is 0 Å². The molecule has 0 aliphatic rings. The molecule has 32 heavy (non-hydrogen) atoms. The van der Waals surface area contributed by atoms with E-state index < -0.39 is 16.0 Å². The zero-order chi connectivity index (χ0) is 23.1. The van der Waals surface area contributed by atoms with E-state index in [1.807, 2.05) is 13.0 Å². The van der Waals surface area contributed by atoms with Crippen molar-refractivity contribution in [3.05, 3.63) is 83.4 Å². The van der Waals surface area contributed by atoms with E-state index in [0.29, 0.717) is 28.3 Å². The third kappa shape index (κ3) is 6.24. The van der Waals surface area contributed by atoms with Gasteiger partial charge in [0, 0.05) is 11.3 Å². The van der Waals surface area contributed by atoms with E-state index in [1.54, 1.807) is 67.6 Å². The van der Waals surface area contributed by atoms with Crippen molar-refractivity contribution in [2.24, 2.45) is 0 Å². The molecule has 0 bridgehead atoms. The highest BCUT2D eigenvalue weighted by Crippen LogP contribution is 2.22. The third-order valence-corrected chi connectivity index (χ3v) is 6.19. The van der Waals surface area contributed by atoms with Crippen LogP contribution in [0.15, 0.2) is 71.6 Å². The summed E-state index contributed by atoms with van der Waals surface area (Å²) < 4.78 is 39.2. The first-order chi connectivity index (χ1) is 15.2. The Bertz CT molecular complexity index is 1190. The van der Waals surface area contributed by atoms with E-state index in [9.17, 15) is 13.2 Å². The molecule has 0 aromatic heterocycles. The molecule has 0 fully saturated rings. The van der Waals surface area contributed by atoms with Crippen LogP contribution >= 0.6 is 0 Å². The Kier molecular flexibility index (Phi) is 7.37. The van der Waals surface area contributed by atoms with Gasteiger partial charge in [0.05, 0.1) is 11.3 Å². The number of aryl methyl sites for hydroxylation is 2. The lowest BCUT2D eigenvalue weighted by atomic mass is 10.1. The van der Waals surface area contributed by atoms with Gasteiger partial charge in [-0.2, -0.15) is 0 Å². The molecule has 0 saturated carbocycles. The van der Waals surface area contributed by atoms with Crippen molar-refractivity contribution < 1.29 is 27.8 Å². The van der Waals surface area contributed by atoms with Crippen LogP contribution in [0, 0.1) is 13.8 Å². The molecule has 2 N–H and O–H groups in total. The van der Waals surface area contributed by atoms with Gasteiger partial charge in [-0.3, -0.25) is 9.52 Å². The van der Waals surface area contributed by atoms with E-state index >= 15 is 0 Å². The minimum absolute atomic E-state index is 0.115. The number of hydrogen-bond acceptors (Lipinski definition) is 5. The molecule has 168 valence electrons. The summed E-state index contributed by atoms with van der Waals surface area (Å²) >= 11 is 0. The van der Waals surface area contributed by atoms with Crippen LogP contribution in [-0.4, -0.2) is 32.7 Å². The van der Waals surface area contributed by atoms with E-state index in [0.717, 1.165) is 5.56 Å². The van der Waals surface area contributed by atoms with E-state index in [1.165, 1.54) is 0 Å². The van der Waals surface area contributed by atoms with Crippen LogP contribution in [0.3, 0.4) is 0 Å². The van der Waals surface area contributed by atoms with Crippen LogP contribution in [0.5, 0.6) is 11.5 Å². The molecule has 0 amide bonds. The van der Waals surface area contributed by atoms with E-state index in [4.69, 9.17) is 14.6 Å². The summed E-state index contributed by atoms with van der Waals surface area (Å²) in [5.74, 6) is 0.141. The highest BCUT2D eigenvalue weighted by atomic mass is 32.2. The smallest absolute Gasteiger partial charge is 0.307 e. The molecule has 0 unspecified atom stereocenters. The number of carbonyl (C=O) groups is 1. The number of rotatable bonds is 10. The maximum absolute atomic E-state index is 12.7. The van der Waals surface area contributed by atoms with Gasteiger partial charge in [0.25, 0.3) is 10.0 Å². The molecule has 8 heteroatoms. The maximum Gasteiger partial charge on any atom is 0.307 e. The quantitative estimate of drug-likeness (QED) is 0.445. The van der Waals surface area contributed by atoms with Crippen molar-refractivity contribution in [3.8, 4) is 11.5 Å². The Morgan fingerprint density at radius 1 is 0.938 bits per heavy atom. The van der Waals surface area contributed by atoms with Crippen LogP contribution in [0.4, 0.5) is 5.69 Å². The lowest BCUT2D eigenvalue weighted by Crippen LogP contribution is -2.14. The lowest BCUT2D eigenvalue weighted by molar-refractivity contribution is -0.136. The summed E-state index contributed by atoms with van der Waals surface area (Å²) in [5, 5.41) is 8.97. The van der Waals surface area contributed by atoms with Gasteiger partial charge in [-0.05, 0) is 55.8 Å². The number of hydrogen-bond donors (Lipinski definition) is 2. The second-order valence-corrected chi connectivity index (χ2v) is 8.92. The maximum atomic E-state index is 12.7. The van der Waals surface area contributed by atoms with E-state index in [2.05, 4.69) is 4.72 Å². The SMILES string of the molecule is Cc1ccc(S(=O)(=O)Nc2ccc(OCCOc3ccccc3CC(=O)O)cc2)c(C)c1. The Hall–Kier alpha value is -3.52. The van der Waals surface area contributed by atoms with Gasteiger partial charge < -0.3 is 14.6 Å². The molecule has 0 radical (unpaired) electrons. The Labute approximate surface area is 187 Å². The number of nitrogens with one attached hydrogen (secondary N) is 1. The molecular weight excluding hydrogens is 430 g/mol. The highest BCUT2D eigenvalue weighted by molar-refractivity contribution is 7.92. The predicted molar refractivity (Wildman–Crippen MR) is 122 cm³/mol. The van der Waals surface area contributed by atoms with Gasteiger partial charge in [0.2, 0.25) is 0 Å². The number of benzene rings is 3. The van der Waals surface area contributed by atoms with E-state index in [-0.39, 0.29) is 24.5 Å². The largest absolute Gasteiger partial charge is 0.490 e. The van der Waals surface area contributed by atoms with Crippen molar-refractivity contribution in [2.45, 2.75) is 25.2 Å². The Morgan fingerprint density at radius 2 is 1.62 bits per heavy atom. The number of anilines is 1. The molecule has 0 aliphatic carbocycles. The van der Waals surface area contributed by atoms with Gasteiger partial charge >= 0.3 is 5.97 Å². The zero-order valence-electron chi connectivity index (χ0n) is 17.9. The molecule has 0 spiro atoms. The molecule has 7 nitrogen and oxygen atoms in total. The summed E-state index contributed by atoms with van der Waals surface area (Å²) in [6.07, 6.45) is -0.115. The highest BCUT2D eigenvalue weighted by Gasteiger charge is 2.17. The van der Waals surface area contributed by atoms with Crippen molar-refractivity contribution in [3.63, 3.8) is 0 Å². The number of carboxylic acid groups (broad SMARTS) is 1. The normalized spacial score (nSPS) is 11.1. The third-order valence-electron chi connectivity index (χ3n) is 4.65. The topological polar surface area (TPSA) is 102 Å². The molecule has 0 saturated heterocycles. The fourth-order valence-corrected chi connectivity index (χ4v) is 4.48. The summed E-state index contributed by atoms with van der Waals surface area (Å²) in [6.45, 7) is 4.16. The van der Waals surface area contributed by atoms with Crippen LogP contribution in [-0.2, 0) is 21.2 Å². The predicted octanol–water partition coefficient (Wildman–Crippen LogP) is 4.19. The molecule has 0 heterocycles. The number of carboxylic acids is 1. The number of para-hydroxylation sites is 1. The molecule has 3 aromatic carbocycles. The van der Waals surface area contributed by atoms with Crippen molar-refractivity contribution in [2.75, 3.05) is 17.9 Å². The van der Waals surface area contributed by atoms with Crippen LogP contribution in [0.25, 0.3) is 0 Å². The van der Waals surface area contributed by atoms with Crippen LogP contribution in [0.2, 0.25) is 0 Å². The molecule has 3 rings (SSSR count). The van der Waals surface area contributed by atoms with Crippen LogP contribution < -0.4 is 14.2 Å². The van der Waals surface area contributed by atoms with Gasteiger partial charge in [0.1, 0.15) is 24.7 Å². The second-order valence-electron chi connectivity index (χ2n) is 7.27. The zero-order valence-corrected chi connectivity index (χ0v) is 18.7. The first-order valence-corrected chi connectivity index (χ1v) is 11.5. The van der Waals surface area contributed by atoms with Gasteiger partial charge in [-0.25, -0.2) is 8.42 Å². The Balaban J connectivity index is 1.54. The molecule has 0 atom stereocenters. The minimum Gasteiger partial charge on any atom is -0.490 e. The fourth-order valence-electron chi connectivity index (χ4n) is 3.19. The summed E-state index contributed by atoms with van der Waals surface area (Å²) in [6, 6.07) is 18.7.